The molecule has 0 aliphatic carbocycles. The zero-order chi connectivity index (χ0) is 23.5. The van der Waals surface area contributed by atoms with E-state index in [-0.39, 0.29) is 17.2 Å². The third-order valence-corrected chi connectivity index (χ3v) is 5.57. The van der Waals surface area contributed by atoms with Gasteiger partial charge in [0.05, 0.1) is 20.1 Å². The van der Waals surface area contributed by atoms with Gasteiger partial charge in [-0.2, -0.15) is 0 Å². The first kappa shape index (κ1) is 22.4. The Morgan fingerprint density at radius 1 is 1.06 bits per heavy atom. The van der Waals surface area contributed by atoms with E-state index in [0.717, 1.165) is 5.56 Å². The van der Waals surface area contributed by atoms with Gasteiger partial charge >= 0.3 is 5.97 Å². The molecule has 0 saturated carbocycles. The summed E-state index contributed by atoms with van der Waals surface area (Å²) in [6.45, 7) is 0.326. The number of benzene rings is 3. The third kappa shape index (κ3) is 4.54. The van der Waals surface area contributed by atoms with Crippen LogP contribution < -0.4 is 19.9 Å². The Morgan fingerprint density at radius 2 is 1.82 bits per heavy atom. The fourth-order valence-corrected chi connectivity index (χ4v) is 3.85. The van der Waals surface area contributed by atoms with Gasteiger partial charge < -0.3 is 29.8 Å². The number of nitrogens with two attached hydrogens (primary N) is 1. The summed E-state index contributed by atoms with van der Waals surface area (Å²) in [7, 11) is 2.82. The number of fused-ring (bicyclic) bond motifs is 1. The zero-order valence-electron chi connectivity index (χ0n) is 18.0. The first-order chi connectivity index (χ1) is 15.9. The Kier molecular flexibility index (Phi) is 6.33. The average molecular weight is 468 g/mol. The van der Waals surface area contributed by atoms with Crippen molar-refractivity contribution >= 4 is 17.6 Å². The van der Waals surface area contributed by atoms with Crippen LogP contribution in [-0.2, 0) is 16.1 Å². The Balaban J connectivity index is 1.72. The summed E-state index contributed by atoms with van der Waals surface area (Å²) in [5.41, 5.74) is 8.56. The lowest BCUT2D eigenvalue weighted by molar-refractivity contribution is -0.136. The maximum Gasteiger partial charge on any atom is 0.340 e. The first-order valence-corrected chi connectivity index (χ1v) is 10.4. The lowest BCUT2D eigenvalue weighted by atomic mass is 9.83. The van der Waals surface area contributed by atoms with Crippen LogP contribution in [0.5, 0.6) is 23.0 Å². The van der Waals surface area contributed by atoms with E-state index in [9.17, 15) is 9.90 Å². The highest BCUT2D eigenvalue weighted by Crippen LogP contribution is 2.45. The second kappa shape index (κ2) is 9.34. The number of rotatable bonds is 6. The summed E-state index contributed by atoms with van der Waals surface area (Å²) in [5.74, 6) is 0.0885. The number of carbonyl (C=O) groups excluding carboxylic acids is 1. The van der Waals surface area contributed by atoms with Crippen LogP contribution in [0.1, 0.15) is 22.6 Å². The van der Waals surface area contributed by atoms with Crippen molar-refractivity contribution in [2.24, 2.45) is 5.73 Å². The predicted octanol–water partition coefficient (Wildman–Crippen LogP) is 4.50. The van der Waals surface area contributed by atoms with Gasteiger partial charge in [0, 0.05) is 16.7 Å². The molecule has 1 heterocycles. The van der Waals surface area contributed by atoms with E-state index < -0.39 is 11.9 Å². The van der Waals surface area contributed by atoms with Gasteiger partial charge in [0.2, 0.25) is 5.88 Å². The lowest BCUT2D eigenvalue weighted by Crippen LogP contribution is -2.27. The summed E-state index contributed by atoms with van der Waals surface area (Å²) in [6.07, 6.45) is 0. The molecule has 0 aromatic heterocycles. The monoisotopic (exact) mass is 467 g/mol. The fourth-order valence-electron chi connectivity index (χ4n) is 3.72. The van der Waals surface area contributed by atoms with Crippen molar-refractivity contribution in [3.05, 3.63) is 93.8 Å². The molecule has 1 aliphatic rings. The maximum absolute atomic E-state index is 12.6. The van der Waals surface area contributed by atoms with Crippen LogP contribution in [-0.4, -0.2) is 25.3 Å². The minimum absolute atomic E-state index is 0.0188. The number of phenolic OH excluding ortho intramolecular Hbond substituents is 1. The van der Waals surface area contributed by atoms with Crippen molar-refractivity contribution in [3.63, 3.8) is 0 Å². The van der Waals surface area contributed by atoms with Gasteiger partial charge in [0.25, 0.3) is 0 Å². The highest BCUT2D eigenvalue weighted by molar-refractivity contribution is 6.30. The Morgan fingerprint density at radius 3 is 2.52 bits per heavy atom. The van der Waals surface area contributed by atoms with Crippen LogP contribution in [0.25, 0.3) is 0 Å². The summed E-state index contributed by atoms with van der Waals surface area (Å²) in [5, 5.41) is 10.5. The topological polar surface area (TPSA) is 100 Å². The molecule has 1 unspecified atom stereocenters. The number of ether oxygens (including phenoxy) is 4. The van der Waals surface area contributed by atoms with Crippen molar-refractivity contribution in [3.8, 4) is 23.0 Å². The van der Waals surface area contributed by atoms with Gasteiger partial charge in [-0.15, -0.1) is 0 Å². The normalized spacial score (nSPS) is 14.8. The van der Waals surface area contributed by atoms with Crippen molar-refractivity contribution in [2.45, 2.75) is 12.5 Å². The number of methoxy groups -OCH3 is 2. The molecule has 3 N–H and O–H groups in total. The van der Waals surface area contributed by atoms with Gasteiger partial charge in [0.1, 0.15) is 23.7 Å². The molecular weight excluding hydrogens is 446 g/mol. The van der Waals surface area contributed by atoms with Gasteiger partial charge in [-0.1, -0.05) is 35.9 Å². The second-order valence-corrected chi connectivity index (χ2v) is 7.79. The molecule has 0 radical (unpaired) electrons. The number of carbonyl (C=O) groups is 1. The third-order valence-electron chi connectivity index (χ3n) is 5.32. The summed E-state index contributed by atoms with van der Waals surface area (Å²) in [6, 6.07) is 17.4. The van der Waals surface area contributed by atoms with Crippen molar-refractivity contribution < 1.29 is 28.8 Å². The van der Waals surface area contributed by atoms with Gasteiger partial charge in [0.15, 0.2) is 11.5 Å². The summed E-state index contributed by atoms with van der Waals surface area (Å²) in [4.78, 5) is 12.6. The minimum Gasteiger partial charge on any atom is -0.508 e. The Bertz CT molecular complexity index is 1220. The number of aromatic hydroxyl groups is 1. The predicted molar refractivity (Wildman–Crippen MR) is 123 cm³/mol. The SMILES string of the molecule is COC(=O)C1=C(N)Oc2cc(O)ccc2C1c1ccc(OCc2ccc(Cl)cc2)c(OC)c1. The molecule has 0 fully saturated rings. The quantitative estimate of drug-likeness (QED) is 0.515. The van der Waals surface area contributed by atoms with E-state index in [1.54, 1.807) is 30.3 Å². The smallest absolute Gasteiger partial charge is 0.340 e. The van der Waals surface area contributed by atoms with Crippen LogP contribution >= 0.6 is 11.6 Å². The molecule has 0 amide bonds. The van der Waals surface area contributed by atoms with Gasteiger partial charge in [-0.3, -0.25) is 0 Å². The number of esters is 1. The van der Waals surface area contributed by atoms with E-state index in [2.05, 4.69) is 0 Å². The number of hydrogen-bond donors (Lipinski definition) is 2. The number of phenols is 1. The molecule has 33 heavy (non-hydrogen) atoms. The molecule has 0 bridgehead atoms. The van der Waals surface area contributed by atoms with Crippen LogP contribution in [0.15, 0.2) is 72.1 Å². The zero-order valence-corrected chi connectivity index (χ0v) is 18.8. The molecule has 3 aromatic carbocycles. The van der Waals surface area contributed by atoms with Crippen LogP contribution in [0, 0.1) is 0 Å². The van der Waals surface area contributed by atoms with Crippen LogP contribution in [0.3, 0.4) is 0 Å². The standard InChI is InChI=1S/C25H22ClNO6/c1-30-21-11-15(5-10-19(21)32-13-14-3-6-16(26)7-4-14)22-18-9-8-17(28)12-20(18)33-24(27)23(22)25(29)31-2/h3-12,22,28H,13,27H2,1-2H3. The van der Waals surface area contributed by atoms with E-state index in [1.165, 1.54) is 26.4 Å². The second-order valence-electron chi connectivity index (χ2n) is 7.35. The first-order valence-electron chi connectivity index (χ1n) is 10.0. The molecule has 1 aliphatic heterocycles. The molecule has 3 aromatic rings. The van der Waals surface area contributed by atoms with Crippen molar-refractivity contribution in [2.75, 3.05) is 14.2 Å². The minimum atomic E-state index is -0.613. The molecule has 7 nitrogen and oxygen atoms in total. The summed E-state index contributed by atoms with van der Waals surface area (Å²) >= 11 is 5.94. The van der Waals surface area contributed by atoms with Gasteiger partial charge in [-0.25, -0.2) is 4.79 Å². The number of hydrogen-bond acceptors (Lipinski definition) is 7. The summed E-state index contributed by atoms with van der Waals surface area (Å²) < 4.78 is 22.1. The van der Waals surface area contributed by atoms with E-state index in [4.69, 9.17) is 36.3 Å². The molecule has 4 rings (SSSR count). The van der Waals surface area contributed by atoms with E-state index >= 15 is 0 Å². The van der Waals surface area contributed by atoms with Crippen molar-refractivity contribution in [1.29, 1.82) is 0 Å². The molecule has 0 spiro atoms. The van der Waals surface area contributed by atoms with Crippen LogP contribution in [0.4, 0.5) is 0 Å². The average Bonchev–Trinajstić information content (AvgIpc) is 2.82. The fraction of sp³-hybridized carbons (Fsp3) is 0.160. The molecule has 1 atom stereocenters. The highest BCUT2D eigenvalue weighted by Gasteiger charge is 2.36. The van der Waals surface area contributed by atoms with Crippen LogP contribution in [0.2, 0.25) is 5.02 Å². The Hall–Kier alpha value is -3.84. The van der Waals surface area contributed by atoms with E-state index in [1.807, 2.05) is 18.2 Å². The maximum atomic E-state index is 12.6. The molecule has 0 saturated heterocycles. The number of halogens is 1. The molecule has 8 heteroatoms. The largest absolute Gasteiger partial charge is 0.508 e. The van der Waals surface area contributed by atoms with E-state index in [0.29, 0.717) is 40.0 Å². The Labute approximate surface area is 195 Å². The molecule has 170 valence electrons. The van der Waals surface area contributed by atoms with Gasteiger partial charge in [-0.05, 0) is 41.5 Å². The lowest BCUT2D eigenvalue weighted by Gasteiger charge is -2.28. The van der Waals surface area contributed by atoms with Crippen molar-refractivity contribution in [1.82, 2.24) is 0 Å². The molecular formula is C25H22ClNO6. The highest BCUT2D eigenvalue weighted by atomic mass is 35.5.